The van der Waals surface area contributed by atoms with Gasteiger partial charge in [-0.2, -0.15) is 0 Å². The van der Waals surface area contributed by atoms with Crippen molar-refractivity contribution in [2.24, 2.45) is 0 Å². The van der Waals surface area contributed by atoms with E-state index in [1.165, 1.54) is 10.6 Å². The Labute approximate surface area is 151 Å². The van der Waals surface area contributed by atoms with Crippen LogP contribution in [0.15, 0.2) is 18.2 Å². The van der Waals surface area contributed by atoms with Crippen LogP contribution in [0.1, 0.15) is 44.2 Å². The normalized spacial score (nSPS) is 11.8. The van der Waals surface area contributed by atoms with Gasteiger partial charge in [-0.05, 0) is 36.5 Å². The highest BCUT2D eigenvalue weighted by Crippen LogP contribution is 2.27. The van der Waals surface area contributed by atoms with Crippen molar-refractivity contribution in [1.29, 1.82) is 0 Å². The molecule has 0 spiro atoms. The summed E-state index contributed by atoms with van der Waals surface area (Å²) in [7, 11) is -3.18. The standard InChI is InChI=1S/C18H30N2O4S/c1-6-20(25(5,22)23)11-7-10-19-18(21)13-24-17-12-15(4)8-9-16(17)14(2)3/h8-9,12,14H,6-7,10-11,13H2,1-5H3,(H,19,21). The van der Waals surface area contributed by atoms with E-state index in [-0.39, 0.29) is 12.5 Å². The van der Waals surface area contributed by atoms with Gasteiger partial charge in [0.15, 0.2) is 6.61 Å². The lowest BCUT2D eigenvalue weighted by Gasteiger charge is -2.18. The first-order valence-electron chi connectivity index (χ1n) is 8.60. The zero-order chi connectivity index (χ0) is 19.0. The number of carbonyl (C=O) groups excluding carboxylic acids is 1. The van der Waals surface area contributed by atoms with E-state index in [1.54, 1.807) is 6.92 Å². The van der Waals surface area contributed by atoms with E-state index in [0.717, 1.165) is 16.9 Å². The van der Waals surface area contributed by atoms with Gasteiger partial charge in [-0.1, -0.05) is 32.9 Å². The van der Waals surface area contributed by atoms with Gasteiger partial charge in [-0.25, -0.2) is 12.7 Å². The lowest BCUT2D eigenvalue weighted by molar-refractivity contribution is -0.123. The van der Waals surface area contributed by atoms with Gasteiger partial charge in [0.1, 0.15) is 5.75 Å². The third-order valence-electron chi connectivity index (χ3n) is 3.88. The number of nitrogens with zero attached hydrogens (tertiary/aromatic N) is 1. The van der Waals surface area contributed by atoms with Crippen LogP contribution < -0.4 is 10.1 Å². The first-order valence-corrected chi connectivity index (χ1v) is 10.4. The Morgan fingerprint density at radius 2 is 2.00 bits per heavy atom. The Balaban J connectivity index is 2.43. The summed E-state index contributed by atoms with van der Waals surface area (Å²) in [4.78, 5) is 11.9. The lowest BCUT2D eigenvalue weighted by atomic mass is 10.0. The molecule has 0 atom stereocenters. The molecule has 1 aromatic carbocycles. The highest BCUT2D eigenvalue weighted by Gasteiger charge is 2.14. The van der Waals surface area contributed by atoms with E-state index in [2.05, 4.69) is 19.2 Å². The van der Waals surface area contributed by atoms with Crippen LogP contribution in [0.25, 0.3) is 0 Å². The molecule has 0 unspecified atom stereocenters. The van der Waals surface area contributed by atoms with Crippen LogP contribution in [-0.2, 0) is 14.8 Å². The van der Waals surface area contributed by atoms with Crippen LogP contribution >= 0.6 is 0 Å². The van der Waals surface area contributed by atoms with Crippen molar-refractivity contribution >= 4 is 15.9 Å². The Morgan fingerprint density at radius 1 is 1.32 bits per heavy atom. The van der Waals surface area contributed by atoms with Gasteiger partial charge >= 0.3 is 0 Å². The molecule has 0 fully saturated rings. The molecule has 0 aliphatic carbocycles. The van der Waals surface area contributed by atoms with Crippen LogP contribution in [0, 0.1) is 6.92 Å². The molecule has 0 saturated heterocycles. The lowest BCUT2D eigenvalue weighted by Crippen LogP contribution is -2.34. The maximum Gasteiger partial charge on any atom is 0.257 e. The number of sulfonamides is 1. The summed E-state index contributed by atoms with van der Waals surface area (Å²) in [5.41, 5.74) is 2.16. The van der Waals surface area contributed by atoms with E-state index in [0.29, 0.717) is 32.0 Å². The number of aryl methyl sites for hydroxylation is 1. The number of ether oxygens (including phenoxy) is 1. The largest absolute Gasteiger partial charge is 0.483 e. The quantitative estimate of drug-likeness (QED) is 0.641. The number of benzene rings is 1. The average Bonchev–Trinajstić information content (AvgIpc) is 2.51. The van der Waals surface area contributed by atoms with Gasteiger partial charge < -0.3 is 10.1 Å². The van der Waals surface area contributed by atoms with Crippen molar-refractivity contribution in [3.63, 3.8) is 0 Å². The number of amides is 1. The smallest absolute Gasteiger partial charge is 0.257 e. The van der Waals surface area contributed by atoms with Gasteiger partial charge in [-0.15, -0.1) is 0 Å². The number of hydrogen-bond acceptors (Lipinski definition) is 4. The summed E-state index contributed by atoms with van der Waals surface area (Å²) in [6.45, 7) is 9.14. The Morgan fingerprint density at radius 3 is 2.56 bits per heavy atom. The molecule has 0 aliphatic rings. The van der Waals surface area contributed by atoms with E-state index in [9.17, 15) is 13.2 Å². The molecule has 1 amide bonds. The minimum atomic E-state index is -3.18. The summed E-state index contributed by atoms with van der Waals surface area (Å²) >= 11 is 0. The van der Waals surface area contributed by atoms with E-state index >= 15 is 0 Å². The fourth-order valence-electron chi connectivity index (χ4n) is 2.48. The van der Waals surface area contributed by atoms with Crippen molar-refractivity contribution < 1.29 is 17.9 Å². The van der Waals surface area contributed by atoms with E-state index in [4.69, 9.17) is 4.74 Å². The van der Waals surface area contributed by atoms with Gasteiger partial charge in [0.05, 0.1) is 6.26 Å². The van der Waals surface area contributed by atoms with Crippen LogP contribution in [-0.4, -0.2) is 51.1 Å². The molecular weight excluding hydrogens is 340 g/mol. The van der Waals surface area contributed by atoms with Crippen molar-refractivity contribution in [2.45, 2.75) is 40.0 Å². The number of nitrogens with one attached hydrogen (secondary N) is 1. The summed E-state index contributed by atoms with van der Waals surface area (Å²) in [5.74, 6) is 0.840. The summed E-state index contributed by atoms with van der Waals surface area (Å²) < 4.78 is 30.0. The second-order valence-corrected chi connectivity index (χ2v) is 8.43. The SMILES string of the molecule is CCN(CCCNC(=O)COc1cc(C)ccc1C(C)C)S(C)(=O)=O. The van der Waals surface area contributed by atoms with Crippen molar-refractivity contribution in [2.75, 3.05) is 32.5 Å². The average molecular weight is 371 g/mol. The fraction of sp³-hybridized carbons (Fsp3) is 0.611. The summed E-state index contributed by atoms with van der Waals surface area (Å²) in [6.07, 6.45) is 1.76. The van der Waals surface area contributed by atoms with Crippen molar-refractivity contribution in [1.82, 2.24) is 9.62 Å². The zero-order valence-electron chi connectivity index (χ0n) is 15.8. The van der Waals surface area contributed by atoms with Crippen LogP contribution in [0.3, 0.4) is 0 Å². The molecule has 25 heavy (non-hydrogen) atoms. The summed E-state index contributed by atoms with van der Waals surface area (Å²) in [6, 6.07) is 6.00. The maximum absolute atomic E-state index is 11.9. The fourth-order valence-corrected chi connectivity index (χ4v) is 3.41. The van der Waals surface area contributed by atoms with Crippen molar-refractivity contribution in [3.05, 3.63) is 29.3 Å². The minimum Gasteiger partial charge on any atom is -0.483 e. The third-order valence-corrected chi connectivity index (χ3v) is 5.26. The summed E-state index contributed by atoms with van der Waals surface area (Å²) in [5, 5.41) is 2.76. The van der Waals surface area contributed by atoms with Crippen LogP contribution in [0.4, 0.5) is 0 Å². The molecule has 0 radical (unpaired) electrons. The maximum atomic E-state index is 11.9. The molecule has 6 nitrogen and oxygen atoms in total. The molecule has 7 heteroatoms. The molecule has 0 heterocycles. The molecule has 0 bridgehead atoms. The highest BCUT2D eigenvalue weighted by molar-refractivity contribution is 7.88. The monoisotopic (exact) mass is 370 g/mol. The third kappa shape index (κ3) is 7.44. The number of rotatable bonds is 10. The molecule has 1 N–H and O–H groups in total. The molecule has 0 aliphatic heterocycles. The number of carbonyl (C=O) groups is 1. The Hall–Kier alpha value is -1.60. The van der Waals surface area contributed by atoms with Crippen LogP contribution in [0.2, 0.25) is 0 Å². The topological polar surface area (TPSA) is 75.7 Å². The molecule has 1 aromatic rings. The molecule has 0 aromatic heterocycles. The molecule has 142 valence electrons. The molecule has 1 rings (SSSR count). The first kappa shape index (κ1) is 21.4. The predicted molar refractivity (Wildman–Crippen MR) is 100 cm³/mol. The second-order valence-electron chi connectivity index (χ2n) is 6.44. The zero-order valence-corrected chi connectivity index (χ0v) is 16.6. The second kappa shape index (κ2) is 9.77. The first-order chi connectivity index (χ1) is 11.6. The highest BCUT2D eigenvalue weighted by atomic mass is 32.2. The van der Waals surface area contributed by atoms with Crippen molar-refractivity contribution in [3.8, 4) is 5.75 Å². The minimum absolute atomic E-state index is 0.0489. The van der Waals surface area contributed by atoms with Gasteiger partial charge in [0, 0.05) is 19.6 Å². The predicted octanol–water partition coefficient (Wildman–Crippen LogP) is 2.29. The van der Waals surface area contributed by atoms with E-state index < -0.39 is 10.0 Å². The van der Waals surface area contributed by atoms with Gasteiger partial charge in [0.25, 0.3) is 5.91 Å². The molecule has 0 saturated carbocycles. The van der Waals surface area contributed by atoms with Crippen LogP contribution in [0.5, 0.6) is 5.75 Å². The Kier molecular flexibility index (Phi) is 8.38. The Bertz CT molecular complexity index is 672. The van der Waals surface area contributed by atoms with E-state index in [1.807, 2.05) is 25.1 Å². The van der Waals surface area contributed by atoms with Gasteiger partial charge in [0.2, 0.25) is 10.0 Å². The molecular formula is C18H30N2O4S. The number of hydrogen-bond donors (Lipinski definition) is 1. The van der Waals surface area contributed by atoms with Gasteiger partial charge in [-0.3, -0.25) is 4.79 Å².